The standard InChI is InChI=1S/C25H14F10I2N2O2/c1-38(20(40)13-4-2-6-16(26)10-13)17-7-3-5-14(11-17)21(41)39(37)19-9-8-15(12-18(19)36)22(27,24(30,31)32)23(28,29)25(33,34)35/h2-12H,1H3. The Morgan fingerprint density at radius 1 is 0.732 bits per heavy atom. The fourth-order valence-corrected chi connectivity index (χ4v) is 5.52. The first-order chi connectivity index (χ1) is 18.7. The number of alkyl halides is 9. The van der Waals surface area contributed by atoms with Gasteiger partial charge < -0.3 is 4.90 Å². The minimum atomic E-state index is -6.87. The molecule has 0 radical (unpaired) electrons. The van der Waals surface area contributed by atoms with Gasteiger partial charge in [0.15, 0.2) is 0 Å². The van der Waals surface area contributed by atoms with E-state index in [-0.39, 0.29) is 34.6 Å². The zero-order chi connectivity index (χ0) is 31.1. The van der Waals surface area contributed by atoms with Crippen LogP contribution >= 0.6 is 45.5 Å². The molecule has 0 aromatic heterocycles. The molecule has 4 nitrogen and oxygen atoms in total. The van der Waals surface area contributed by atoms with Gasteiger partial charge >= 0.3 is 23.9 Å². The van der Waals surface area contributed by atoms with Crippen molar-refractivity contribution < 1.29 is 53.5 Å². The minimum absolute atomic E-state index is 0.00767. The minimum Gasteiger partial charge on any atom is -0.311 e. The normalized spacial score (nSPS) is 13.9. The zero-order valence-corrected chi connectivity index (χ0v) is 24.4. The third kappa shape index (κ3) is 6.12. The maximum atomic E-state index is 14.8. The van der Waals surface area contributed by atoms with Crippen molar-refractivity contribution in [1.29, 1.82) is 0 Å². The molecule has 0 spiro atoms. The van der Waals surface area contributed by atoms with E-state index in [1.54, 1.807) is 0 Å². The Kier molecular flexibility index (Phi) is 9.27. The number of anilines is 2. The Morgan fingerprint density at radius 3 is 1.80 bits per heavy atom. The molecule has 3 aromatic carbocycles. The number of carbonyl (C=O) groups excluding carboxylic acids is 2. The summed E-state index contributed by atoms with van der Waals surface area (Å²) in [5, 5.41) is 0. The lowest BCUT2D eigenvalue weighted by Crippen LogP contribution is -2.59. The van der Waals surface area contributed by atoms with Crippen LogP contribution in [0.4, 0.5) is 55.3 Å². The first-order valence-corrected chi connectivity index (χ1v) is 12.9. The van der Waals surface area contributed by atoms with Gasteiger partial charge in [0.2, 0.25) is 0 Å². The number of halogens is 12. The Morgan fingerprint density at radius 2 is 1.29 bits per heavy atom. The summed E-state index contributed by atoms with van der Waals surface area (Å²) in [7, 11) is 1.35. The predicted molar refractivity (Wildman–Crippen MR) is 145 cm³/mol. The molecule has 16 heteroatoms. The largest absolute Gasteiger partial charge is 0.457 e. The van der Waals surface area contributed by atoms with Crippen molar-refractivity contribution in [1.82, 2.24) is 0 Å². The second-order valence-electron chi connectivity index (χ2n) is 8.41. The van der Waals surface area contributed by atoms with Gasteiger partial charge in [-0.25, -0.2) is 11.9 Å². The molecule has 1 unspecified atom stereocenters. The highest BCUT2D eigenvalue weighted by molar-refractivity contribution is 14.1. The lowest BCUT2D eigenvalue weighted by atomic mass is 9.87. The number of rotatable bonds is 6. The average Bonchev–Trinajstić information content (AvgIpc) is 2.89. The molecule has 0 aliphatic carbocycles. The van der Waals surface area contributed by atoms with Crippen molar-refractivity contribution in [2.75, 3.05) is 15.1 Å². The van der Waals surface area contributed by atoms with Crippen LogP contribution in [0.1, 0.15) is 26.3 Å². The van der Waals surface area contributed by atoms with Crippen molar-refractivity contribution in [2.24, 2.45) is 0 Å². The number of carbonyl (C=O) groups is 2. The van der Waals surface area contributed by atoms with Crippen LogP contribution in [0.2, 0.25) is 0 Å². The maximum Gasteiger partial charge on any atom is 0.457 e. The molecule has 41 heavy (non-hydrogen) atoms. The molecule has 0 saturated heterocycles. The number of nitrogens with zero attached hydrogens (tertiary/aromatic N) is 2. The Hall–Kier alpha value is -2.64. The third-order valence-electron chi connectivity index (χ3n) is 5.77. The molecule has 3 rings (SSSR count). The quantitative estimate of drug-likeness (QED) is 0.142. The molecule has 0 heterocycles. The molecule has 2 amide bonds. The molecule has 1 atom stereocenters. The molecular weight excluding hydrogens is 804 g/mol. The van der Waals surface area contributed by atoms with Crippen LogP contribution < -0.4 is 8.01 Å². The highest BCUT2D eigenvalue weighted by Crippen LogP contribution is 2.58. The van der Waals surface area contributed by atoms with Gasteiger partial charge in [0.1, 0.15) is 5.82 Å². The van der Waals surface area contributed by atoms with Crippen LogP contribution in [0.25, 0.3) is 0 Å². The molecule has 0 N–H and O–H groups in total. The summed E-state index contributed by atoms with van der Waals surface area (Å²) >= 11 is 2.67. The van der Waals surface area contributed by atoms with Gasteiger partial charge in [-0.2, -0.15) is 35.1 Å². The predicted octanol–water partition coefficient (Wildman–Crippen LogP) is 8.63. The van der Waals surface area contributed by atoms with E-state index in [0.29, 0.717) is 6.07 Å². The highest BCUT2D eigenvalue weighted by Gasteiger charge is 2.81. The number of amides is 2. The Bertz CT molecular complexity index is 1480. The van der Waals surface area contributed by atoms with E-state index in [2.05, 4.69) is 0 Å². The Labute approximate surface area is 252 Å². The van der Waals surface area contributed by atoms with E-state index in [9.17, 15) is 53.5 Å². The SMILES string of the molecule is CN(C(=O)c1cccc(F)c1)c1cccc(C(=O)N(I)c2ccc(C(F)(C(F)(F)F)C(F)(F)C(F)(F)F)cc2I)c1. The molecule has 0 aliphatic rings. The number of benzene rings is 3. The summed E-state index contributed by atoms with van der Waals surface area (Å²) in [6.07, 6.45) is -13.5. The summed E-state index contributed by atoms with van der Waals surface area (Å²) in [5.74, 6) is -8.96. The molecular formula is C25H14F10I2N2O2. The van der Waals surface area contributed by atoms with E-state index in [1.165, 1.54) is 88.9 Å². The van der Waals surface area contributed by atoms with Gasteiger partial charge in [-0.15, -0.1) is 0 Å². The summed E-state index contributed by atoms with van der Waals surface area (Å²) in [6, 6.07) is 11.0. The van der Waals surface area contributed by atoms with E-state index in [1.807, 2.05) is 0 Å². The molecule has 3 aromatic rings. The van der Waals surface area contributed by atoms with Crippen LogP contribution in [0.5, 0.6) is 0 Å². The van der Waals surface area contributed by atoms with Crippen molar-refractivity contribution in [2.45, 2.75) is 23.9 Å². The maximum absolute atomic E-state index is 14.8. The van der Waals surface area contributed by atoms with Crippen molar-refractivity contribution >= 4 is 68.6 Å². The molecule has 0 bridgehead atoms. The van der Waals surface area contributed by atoms with Gasteiger partial charge in [0, 0.05) is 33.0 Å². The second kappa shape index (κ2) is 11.6. The fraction of sp³-hybridized carbons (Fsp3) is 0.200. The molecule has 0 saturated carbocycles. The van der Waals surface area contributed by atoms with Crippen LogP contribution in [0, 0.1) is 9.39 Å². The first-order valence-electron chi connectivity index (χ1n) is 10.9. The first kappa shape index (κ1) is 32.9. The third-order valence-corrected chi connectivity index (χ3v) is 7.59. The van der Waals surface area contributed by atoms with Gasteiger partial charge in [0.25, 0.3) is 11.8 Å². The van der Waals surface area contributed by atoms with E-state index < -0.39 is 50.7 Å². The van der Waals surface area contributed by atoms with E-state index in [4.69, 9.17) is 0 Å². The van der Waals surface area contributed by atoms with Crippen LogP contribution in [-0.4, -0.2) is 37.1 Å². The summed E-state index contributed by atoms with van der Waals surface area (Å²) in [6.45, 7) is 0. The van der Waals surface area contributed by atoms with Gasteiger partial charge in [-0.3, -0.25) is 9.59 Å². The highest BCUT2D eigenvalue weighted by atomic mass is 127. The fourth-order valence-electron chi connectivity index (χ4n) is 3.60. The van der Waals surface area contributed by atoms with Gasteiger partial charge in [0.05, 0.1) is 28.6 Å². The average molecular weight is 818 g/mol. The monoisotopic (exact) mass is 818 g/mol. The van der Waals surface area contributed by atoms with Crippen molar-refractivity contribution in [3.05, 3.63) is 92.8 Å². The number of hydrogen-bond donors (Lipinski definition) is 0. The smallest absolute Gasteiger partial charge is 0.311 e. The second-order valence-corrected chi connectivity index (χ2v) is 10.5. The molecule has 220 valence electrons. The number of hydrogen-bond acceptors (Lipinski definition) is 2. The van der Waals surface area contributed by atoms with E-state index in [0.717, 1.165) is 20.1 Å². The topological polar surface area (TPSA) is 40.6 Å². The van der Waals surface area contributed by atoms with E-state index >= 15 is 0 Å². The summed E-state index contributed by atoms with van der Waals surface area (Å²) in [5.41, 5.74) is -8.28. The van der Waals surface area contributed by atoms with Crippen LogP contribution in [0.3, 0.4) is 0 Å². The Balaban J connectivity index is 1.95. The van der Waals surface area contributed by atoms with Crippen LogP contribution in [0.15, 0.2) is 66.7 Å². The van der Waals surface area contributed by atoms with Gasteiger partial charge in [-0.05, 0) is 71.1 Å². The van der Waals surface area contributed by atoms with Crippen LogP contribution in [-0.2, 0) is 5.67 Å². The summed E-state index contributed by atoms with van der Waals surface area (Å²) in [4.78, 5) is 27.0. The summed E-state index contributed by atoms with van der Waals surface area (Å²) < 4.78 is 135. The van der Waals surface area contributed by atoms with Gasteiger partial charge in [-0.1, -0.05) is 18.2 Å². The molecule has 0 aliphatic heterocycles. The van der Waals surface area contributed by atoms with Crippen molar-refractivity contribution in [3.63, 3.8) is 0 Å². The lowest BCUT2D eigenvalue weighted by Gasteiger charge is -2.36. The molecule has 0 fully saturated rings. The van der Waals surface area contributed by atoms with Crippen molar-refractivity contribution in [3.8, 4) is 0 Å². The lowest BCUT2D eigenvalue weighted by molar-refractivity contribution is -0.389. The zero-order valence-electron chi connectivity index (χ0n) is 20.1.